The molecule has 2 heterocycles. The minimum Gasteiger partial charge on any atom is -0.497 e. The van der Waals surface area contributed by atoms with Crippen LogP contribution in [0.1, 0.15) is 0 Å². The molecule has 0 bridgehead atoms. The number of nitrogens with one attached hydrogen (secondary N) is 1. The van der Waals surface area contributed by atoms with Crippen molar-refractivity contribution in [3.8, 4) is 5.75 Å². The minimum atomic E-state index is -0.326. The quantitative estimate of drug-likeness (QED) is 0.601. The van der Waals surface area contributed by atoms with Crippen LogP contribution in [0.5, 0.6) is 5.75 Å². The first-order chi connectivity index (χ1) is 12.1. The van der Waals surface area contributed by atoms with Crippen molar-refractivity contribution in [1.29, 1.82) is 0 Å². The molecule has 0 aliphatic heterocycles. The molecule has 1 amide bonds. The van der Waals surface area contributed by atoms with Crippen LogP contribution < -0.4 is 10.1 Å². The standard InChI is InChI=1S/C18H14FN3O2S/c1-24-13-4-5-14-16(9-13)25-18(20-14)21-17(23)10-22-7-6-11-2-3-12(19)8-15(11)22/h2-9H,10H2,1H3,(H,20,21,23). The maximum absolute atomic E-state index is 13.4. The first-order valence-electron chi connectivity index (χ1n) is 7.61. The maximum Gasteiger partial charge on any atom is 0.246 e. The van der Waals surface area contributed by atoms with E-state index in [0.717, 1.165) is 21.4 Å². The van der Waals surface area contributed by atoms with Crippen molar-refractivity contribution in [2.75, 3.05) is 12.4 Å². The Balaban J connectivity index is 1.54. The molecule has 0 radical (unpaired) electrons. The second-order valence-electron chi connectivity index (χ2n) is 5.55. The Morgan fingerprint density at radius 1 is 1.28 bits per heavy atom. The largest absolute Gasteiger partial charge is 0.497 e. The van der Waals surface area contributed by atoms with E-state index in [1.165, 1.54) is 23.5 Å². The van der Waals surface area contributed by atoms with Gasteiger partial charge >= 0.3 is 0 Å². The number of amides is 1. The van der Waals surface area contributed by atoms with Crippen LogP contribution >= 0.6 is 11.3 Å². The van der Waals surface area contributed by atoms with Crippen LogP contribution in [0.4, 0.5) is 9.52 Å². The van der Waals surface area contributed by atoms with E-state index in [4.69, 9.17) is 4.74 Å². The Kier molecular flexibility index (Phi) is 3.85. The first kappa shape index (κ1) is 15.6. The molecule has 0 aliphatic carbocycles. The number of halogens is 1. The van der Waals surface area contributed by atoms with Gasteiger partial charge in [-0.3, -0.25) is 4.79 Å². The smallest absolute Gasteiger partial charge is 0.246 e. The topological polar surface area (TPSA) is 56.1 Å². The second-order valence-corrected chi connectivity index (χ2v) is 6.58. The fraction of sp³-hybridized carbons (Fsp3) is 0.111. The van der Waals surface area contributed by atoms with Gasteiger partial charge < -0.3 is 14.6 Å². The number of anilines is 1. The molecule has 0 saturated heterocycles. The molecule has 5 nitrogen and oxygen atoms in total. The summed E-state index contributed by atoms with van der Waals surface area (Å²) < 4.78 is 21.3. The van der Waals surface area contributed by atoms with Gasteiger partial charge in [-0.15, -0.1) is 0 Å². The highest BCUT2D eigenvalue weighted by atomic mass is 32.1. The van der Waals surface area contributed by atoms with Crippen molar-refractivity contribution in [2.24, 2.45) is 0 Å². The summed E-state index contributed by atoms with van der Waals surface area (Å²) in [6.07, 6.45) is 1.77. The second kappa shape index (κ2) is 6.18. The van der Waals surface area contributed by atoms with Crippen LogP contribution in [-0.4, -0.2) is 22.6 Å². The SMILES string of the molecule is COc1ccc2nc(NC(=O)Cn3ccc4ccc(F)cc43)sc2c1. The number of fused-ring (bicyclic) bond motifs is 2. The molecule has 0 spiro atoms. The van der Waals surface area contributed by atoms with Gasteiger partial charge in [0.05, 0.1) is 22.8 Å². The van der Waals surface area contributed by atoms with Crippen molar-refractivity contribution in [3.05, 3.63) is 54.5 Å². The normalized spacial score (nSPS) is 11.1. The minimum absolute atomic E-state index is 0.0895. The number of hydrogen-bond donors (Lipinski definition) is 1. The van der Waals surface area contributed by atoms with Gasteiger partial charge in [-0.2, -0.15) is 0 Å². The zero-order chi connectivity index (χ0) is 17.4. The maximum atomic E-state index is 13.4. The summed E-state index contributed by atoms with van der Waals surface area (Å²) in [6.45, 7) is 0.0895. The lowest BCUT2D eigenvalue weighted by Crippen LogP contribution is -2.18. The Morgan fingerprint density at radius 3 is 3.00 bits per heavy atom. The number of rotatable bonds is 4. The number of benzene rings is 2. The van der Waals surface area contributed by atoms with Crippen molar-refractivity contribution < 1.29 is 13.9 Å². The lowest BCUT2D eigenvalue weighted by molar-refractivity contribution is -0.116. The molecule has 25 heavy (non-hydrogen) atoms. The van der Waals surface area contributed by atoms with E-state index in [1.54, 1.807) is 23.9 Å². The van der Waals surface area contributed by atoms with Crippen LogP contribution in [0.2, 0.25) is 0 Å². The number of ether oxygens (including phenoxy) is 1. The summed E-state index contributed by atoms with van der Waals surface area (Å²) in [4.78, 5) is 16.7. The molecule has 7 heteroatoms. The molecule has 4 aromatic rings. The molecule has 4 rings (SSSR count). The summed E-state index contributed by atoms with van der Waals surface area (Å²) in [7, 11) is 1.61. The molecule has 0 fully saturated rings. The predicted octanol–water partition coefficient (Wildman–Crippen LogP) is 4.04. The highest BCUT2D eigenvalue weighted by Crippen LogP contribution is 2.29. The van der Waals surface area contributed by atoms with Crippen molar-refractivity contribution in [2.45, 2.75) is 6.54 Å². The Labute approximate surface area is 146 Å². The Bertz CT molecular complexity index is 1090. The molecular formula is C18H14FN3O2S. The van der Waals surface area contributed by atoms with Crippen LogP contribution in [0, 0.1) is 5.82 Å². The molecule has 126 valence electrons. The number of thiazole rings is 1. The zero-order valence-electron chi connectivity index (χ0n) is 13.3. The van der Waals surface area contributed by atoms with Gasteiger partial charge in [0, 0.05) is 6.20 Å². The monoisotopic (exact) mass is 355 g/mol. The van der Waals surface area contributed by atoms with E-state index in [-0.39, 0.29) is 18.3 Å². The van der Waals surface area contributed by atoms with Gasteiger partial charge in [-0.05, 0) is 47.9 Å². The lowest BCUT2D eigenvalue weighted by Gasteiger charge is -2.05. The van der Waals surface area contributed by atoms with Gasteiger partial charge in [0.2, 0.25) is 5.91 Å². The van der Waals surface area contributed by atoms with E-state index in [2.05, 4.69) is 10.3 Å². The van der Waals surface area contributed by atoms with E-state index in [0.29, 0.717) is 10.6 Å². The first-order valence-corrected chi connectivity index (χ1v) is 8.43. The van der Waals surface area contributed by atoms with Crippen molar-refractivity contribution >= 4 is 43.5 Å². The van der Waals surface area contributed by atoms with Gasteiger partial charge in [-0.1, -0.05) is 11.3 Å². The third-order valence-electron chi connectivity index (χ3n) is 3.89. The van der Waals surface area contributed by atoms with Crippen LogP contribution in [0.25, 0.3) is 21.1 Å². The molecule has 0 unspecified atom stereocenters. The molecule has 0 saturated carbocycles. The average molecular weight is 355 g/mol. The fourth-order valence-electron chi connectivity index (χ4n) is 2.69. The van der Waals surface area contributed by atoms with Crippen LogP contribution in [0.3, 0.4) is 0 Å². The molecule has 2 aromatic heterocycles. The Morgan fingerprint density at radius 2 is 2.16 bits per heavy atom. The number of carbonyl (C=O) groups is 1. The molecule has 0 aliphatic rings. The summed E-state index contributed by atoms with van der Waals surface area (Å²) in [5.74, 6) is 0.204. The number of hydrogen-bond acceptors (Lipinski definition) is 4. The number of nitrogens with zero attached hydrogens (tertiary/aromatic N) is 2. The summed E-state index contributed by atoms with van der Waals surface area (Å²) >= 11 is 1.38. The zero-order valence-corrected chi connectivity index (χ0v) is 14.1. The third kappa shape index (κ3) is 3.06. The van der Waals surface area contributed by atoms with Gasteiger partial charge in [0.25, 0.3) is 0 Å². The molecule has 1 N–H and O–H groups in total. The number of carbonyl (C=O) groups excluding carboxylic acids is 1. The summed E-state index contributed by atoms with van der Waals surface area (Å²) in [5.41, 5.74) is 1.48. The summed E-state index contributed by atoms with van der Waals surface area (Å²) in [5, 5.41) is 4.21. The highest BCUT2D eigenvalue weighted by molar-refractivity contribution is 7.22. The van der Waals surface area contributed by atoms with Crippen LogP contribution in [-0.2, 0) is 11.3 Å². The third-order valence-corrected chi connectivity index (χ3v) is 4.83. The molecule has 2 aromatic carbocycles. The molecule has 0 atom stereocenters. The van der Waals surface area contributed by atoms with Gasteiger partial charge in [0.15, 0.2) is 5.13 Å². The van der Waals surface area contributed by atoms with Crippen molar-refractivity contribution in [3.63, 3.8) is 0 Å². The van der Waals surface area contributed by atoms with Gasteiger partial charge in [0.1, 0.15) is 18.1 Å². The average Bonchev–Trinajstić information content (AvgIpc) is 3.17. The van der Waals surface area contributed by atoms with E-state index in [9.17, 15) is 9.18 Å². The molecular weight excluding hydrogens is 341 g/mol. The predicted molar refractivity (Wildman–Crippen MR) is 96.7 cm³/mol. The highest BCUT2D eigenvalue weighted by Gasteiger charge is 2.11. The number of methoxy groups -OCH3 is 1. The fourth-order valence-corrected chi connectivity index (χ4v) is 3.60. The van der Waals surface area contributed by atoms with Crippen LogP contribution in [0.15, 0.2) is 48.7 Å². The van der Waals surface area contributed by atoms with Gasteiger partial charge in [-0.25, -0.2) is 9.37 Å². The lowest BCUT2D eigenvalue weighted by atomic mass is 10.2. The van der Waals surface area contributed by atoms with E-state index >= 15 is 0 Å². The number of aromatic nitrogens is 2. The summed E-state index contributed by atoms with van der Waals surface area (Å²) in [6, 6.07) is 11.9. The van der Waals surface area contributed by atoms with E-state index < -0.39 is 0 Å². The van der Waals surface area contributed by atoms with Crippen molar-refractivity contribution in [1.82, 2.24) is 9.55 Å². The van der Waals surface area contributed by atoms with E-state index in [1.807, 2.05) is 24.3 Å². The Hall–Kier alpha value is -2.93.